The van der Waals surface area contributed by atoms with E-state index in [0.29, 0.717) is 17.5 Å². The van der Waals surface area contributed by atoms with Crippen molar-refractivity contribution in [2.24, 2.45) is 0 Å². The van der Waals surface area contributed by atoms with Gasteiger partial charge in [0, 0.05) is 5.56 Å². The number of aromatic nitrogens is 2. The Morgan fingerprint density at radius 1 is 1.15 bits per heavy atom. The maximum atomic E-state index is 12.3. The highest BCUT2D eigenvalue weighted by atomic mass is 16.5. The number of ether oxygens (including phenoxy) is 1. The molecule has 0 N–H and O–H groups in total. The molecule has 0 spiro atoms. The lowest BCUT2D eigenvalue weighted by molar-refractivity contribution is -0.121. The molecule has 6 heteroatoms. The first-order chi connectivity index (χ1) is 12.6. The third kappa shape index (κ3) is 3.06. The van der Waals surface area contributed by atoms with Crippen molar-refractivity contribution in [2.45, 2.75) is 26.8 Å². The molecule has 132 valence electrons. The maximum absolute atomic E-state index is 12.3. The summed E-state index contributed by atoms with van der Waals surface area (Å²) in [6.45, 7) is 4.32. The van der Waals surface area contributed by atoms with Crippen LogP contribution in [0.4, 0.5) is 5.69 Å². The highest BCUT2D eigenvalue weighted by Crippen LogP contribution is 2.33. The number of nitrogens with zero attached hydrogens (tertiary/aromatic N) is 3. The molecule has 6 nitrogen and oxygen atoms in total. The zero-order valence-electron chi connectivity index (χ0n) is 14.7. The van der Waals surface area contributed by atoms with Crippen LogP contribution >= 0.6 is 0 Å². The van der Waals surface area contributed by atoms with Gasteiger partial charge in [0.1, 0.15) is 12.3 Å². The number of carbonyl (C=O) groups is 1. The molecule has 0 fully saturated rings. The summed E-state index contributed by atoms with van der Waals surface area (Å²) in [7, 11) is 0. The van der Waals surface area contributed by atoms with Crippen molar-refractivity contribution in [2.75, 3.05) is 11.5 Å². The topological polar surface area (TPSA) is 68.5 Å². The summed E-state index contributed by atoms with van der Waals surface area (Å²) >= 11 is 0. The number of amides is 1. The second kappa shape index (κ2) is 6.63. The first-order valence-electron chi connectivity index (χ1n) is 8.60. The summed E-state index contributed by atoms with van der Waals surface area (Å²) < 4.78 is 10.9. The summed E-state index contributed by atoms with van der Waals surface area (Å²) in [6, 6.07) is 13.8. The SMILES string of the molecule is CCc1ccc(-c2noc(CN3C(=O)COc4ccc(C)cc43)n2)cc1. The molecule has 1 aliphatic heterocycles. The van der Waals surface area contributed by atoms with E-state index in [-0.39, 0.29) is 19.1 Å². The Kier molecular flexibility index (Phi) is 4.16. The Labute approximate surface area is 151 Å². The molecule has 0 radical (unpaired) electrons. The number of hydrogen-bond donors (Lipinski definition) is 0. The third-order valence-corrected chi connectivity index (χ3v) is 4.44. The Morgan fingerprint density at radius 2 is 1.96 bits per heavy atom. The minimum Gasteiger partial charge on any atom is -0.482 e. The molecule has 3 aromatic rings. The molecule has 0 unspecified atom stereocenters. The average molecular weight is 349 g/mol. The first-order valence-corrected chi connectivity index (χ1v) is 8.60. The van der Waals surface area contributed by atoms with Gasteiger partial charge in [-0.15, -0.1) is 0 Å². The maximum Gasteiger partial charge on any atom is 0.265 e. The largest absolute Gasteiger partial charge is 0.482 e. The van der Waals surface area contributed by atoms with Crippen molar-refractivity contribution in [3.8, 4) is 17.1 Å². The highest BCUT2D eigenvalue weighted by Gasteiger charge is 2.27. The molecule has 2 aromatic carbocycles. The van der Waals surface area contributed by atoms with E-state index in [0.717, 1.165) is 23.2 Å². The van der Waals surface area contributed by atoms with Crippen LogP contribution in [-0.2, 0) is 17.8 Å². The van der Waals surface area contributed by atoms with Crippen LogP contribution in [0.25, 0.3) is 11.4 Å². The smallest absolute Gasteiger partial charge is 0.265 e. The number of carbonyl (C=O) groups excluding carboxylic acids is 1. The molecule has 2 heterocycles. The van der Waals surface area contributed by atoms with E-state index >= 15 is 0 Å². The van der Waals surface area contributed by atoms with Crippen LogP contribution in [0.2, 0.25) is 0 Å². The normalized spacial score (nSPS) is 13.5. The summed E-state index contributed by atoms with van der Waals surface area (Å²) in [4.78, 5) is 18.4. The lowest BCUT2D eigenvalue weighted by Crippen LogP contribution is -2.38. The number of aryl methyl sites for hydroxylation is 2. The molecule has 4 rings (SSSR count). The number of hydrogen-bond acceptors (Lipinski definition) is 5. The summed E-state index contributed by atoms with van der Waals surface area (Å²) in [5.74, 6) is 1.47. The lowest BCUT2D eigenvalue weighted by Gasteiger charge is -2.28. The first kappa shape index (κ1) is 16.3. The van der Waals surface area contributed by atoms with E-state index in [1.54, 1.807) is 4.90 Å². The number of fused-ring (bicyclic) bond motifs is 1. The third-order valence-electron chi connectivity index (χ3n) is 4.44. The predicted molar refractivity (Wildman–Crippen MR) is 97.0 cm³/mol. The molecule has 1 amide bonds. The van der Waals surface area contributed by atoms with Crippen LogP contribution in [0.5, 0.6) is 5.75 Å². The predicted octanol–water partition coefficient (Wildman–Crippen LogP) is 3.53. The molecule has 0 atom stereocenters. The molecule has 0 aliphatic carbocycles. The monoisotopic (exact) mass is 349 g/mol. The molecule has 0 saturated carbocycles. The standard InChI is InChI=1S/C20H19N3O3/c1-3-14-5-7-15(8-6-14)20-21-18(26-22-20)11-23-16-10-13(2)4-9-17(16)25-12-19(23)24/h4-10H,3,11-12H2,1-2H3. The van der Waals surface area contributed by atoms with Crippen molar-refractivity contribution < 1.29 is 14.1 Å². The molecule has 0 bridgehead atoms. The lowest BCUT2D eigenvalue weighted by atomic mass is 10.1. The van der Waals surface area contributed by atoms with E-state index in [9.17, 15) is 4.79 Å². The second-order valence-electron chi connectivity index (χ2n) is 6.30. The van der Waals surface area contributed by atoms with Gasteiger partial charge in [-0.05, 0) is 36.6 Å². The summed E-state index contributed by atoms with van der Waals surface area (Å²) in [5, 5.41) is 4.05. The van der Waals surface area contributed by atoms with Gasteiger partial charge in [-0.2, -0.15) is 4.98 Å². The summed E-state index contributed by atoms with van der Waals surface area (Å²) in [6.07, 6.45) is 0.982. The van der Waals surface area contributed by atoms with Gasteiger partial charge in [-0.25, -0.2) is 0 Å². The molecule has 1 aromatic heterocycles. The van der Waals surface area contributed by atoms with Crippen molar-refractivity contribution in [3.63, 3.8) is 0 Å². The quantitative estimate of drug-likeness (QED) is 0.721. The minimum atomic E-state index is -0.129. The van der Waals surface area contributed by atoms with Crippen LogP contribution in [0, 0.1) is 6.92 Å². The Balaban J connectivity index is 1.59. The fraction of sp³-hybridized carbons (Fsp3) is 0.250. The molecule has 0 saturated heterocycles. The fourth-order valence-electron chi connectivity index (χ4n) is 2.95. The number of anilines is 1. The second-order valence-corrected chi connectivity index (χ2v) is 6.30. The number of rotatable bonds is 4. The van der Waals surface area contributed by atoms with Crippen LogP contribution in [0.1, 0.15) is 23.9 Å². The minimum absolute atomic E-state index is 0.00946. The van der Waals surface area contributed by atoms with E-state index in [4.69, 9.17) is 9.26 Å². The van der Waals surface area contributed by atoms with Gasteiger partial charge >= 0.3 is 0 Å². The van der Waals surface area contributed by atoms with Gasteiger partial charge in [0.15, 0.2) is 6.61 Å². The van der Waals surface area contributed by atoms with Gasteiger partial charge < -0.3 is 9.26 Å². The van der Waals surface area contributed by atoms with Crippen LogP contribution in [0.3, 0.4) is 0 Å². The van der Waals surface area contributed by atoms with Crippen LogP contribution in [0.15, 0.2) is 47.0 Å². The summed E-state index contributed by atoms with van der Waals surface area (Å²) in [5.41, 5.74) is 3.92. The van der Waals surface area contributed by atoms with E-state index in [2.05, 4.69) is 29.2 Å². The Bertz CT molecular complexity index is 947. The van der Waals surface area contributed by atoms with Crippen LogP contribution in [-0.4, -0.2) is 22.7 Å². The van der Waals surface area contributed by atoms with E-state index < -0.39 is 0 Å². The Morgan fingerprint density at radius 3 is 2.73 bits per heavy atom. The molecule has 1 aliphatic rings. The van der Waals surface area contributed by atoms with Crippen molar-refractivity contribution in [1.82, 2.24) is 10.1 Å². The van der Waals surface area contributed by atoms with Gasteiger partial charge in [-0.1, -0.05) is 42.4 Å². The average Bonchev–Trinajstić information content (AvgIpc) is 3.13. The van der Waals surface area contributed by atoms with Crippen molar-refractivity contribution in [1.29, 1.82) is 0 Å². The van der Waals surface area contributed by atoms with Crippen LogP contribution < -0.4 is 9.64 Å². The van der Waals surface area contributed by atoms with E-state index in [1.165, 1.54) is 5.56 Å². The highest BCUT2D eigenvalue weighted by molar-refractivity contribution is 5.97. The Hall–Kier alpha value is -3.15. The fourth-order valence-corrected chi connectivity index (χ4v) is 2.95. The zero-order chi connectivity index (χ0) is 18.1. The molecule has 26 heavy (non-hydrogen) atoms. The number of benzene rings is 2. The van der Waals surface area contributed by atoms with E-state index in [1.807, 2.05) is 37.3 Å². The van der Waals surface area contributed by atoms with Gasteiger partial charge in [-0.3, -0.25) is 9.69 Å². The zero-order valence-corrected chi connectivity index (χ0v) is 14.7. The van der Waals surface area contributed by atoms with Gasteiger partial charge in [0.2, 0.25) is 11.7 Å². The molecular formula is C20H19N3O3. The van der Waals surface area contributed by atoms with Crippen molar-refractivity contribution >= 4 is 11.6 Å². The van der Waals surface area contributed by atoms with Gasteiger partial charge in [0.25, 0.3) is 5.91 Å². The van der Waals surface area contributed by atoms with Gasteiger partial charge in [0.05, 0.1) is 5.69 Å². The molecular weight excluding hydrogens is 330 g/mol. The van der Waals surface area contributed by atoms with Crippen molar-refractivity contribution in [3.05, 3.63) is 59.5 Å².